The van der Waals surface area contributed by atoms with Crippen molar-refractivity contribution in [1.82, 2.24) is 9.78 Å². The van der Waals surface area contributed by atoms with Crippen molar-refractivity contribution >= 4 is 21.9 Å². The van der Waals surface area contributed by atoms with Gasteiger partial charge in [0.2, 0.25) is 0 Å². The molecule has 0 spiro atoms. The van der Waals surface area contributed by atoms with Crippen molar-refractivity contribution < 1.29 is 14.6 Å². The number of hydrogen-bond donors (Lipinski definition) is 1. The number of aromatic carboxylic acids is 1. The highest BCUT2D eigenvalue weighted by atomic mass is 79.9. The van der Waals surface area contributed by atoms with Gasteiger partial charge in [0, 0.05) is 21.8 Å². The minimum atomic E-state index is -0.967. The smallest absolute Gasteiger partial charge is 0.356 e. The molecule has 3 rings (SSSR count). The maximum absolute atomic E-state index is 11.4. The summed E-state index contributed by atoms with van der Waals surface area (Å²) in [6.07, 6.45) is 3.69. The molecule has 1 aromatic carbocycles. The Morgan fingerprint density at radius 2 is 2.14 bits per heavy atom. The summed E-state index contributed by atoms with van der Waals surface area (Å²) in [6.45, 7) is 0. The monoisotopic (exact) mass is 350 g/mol. The van der Waals surface area contributed by atoms with Crippen LogP contribution < -0.4 is 4.74 Å². The zero-order chi connectivity index (χ0) is 15.0. The predicted octanol–water partition coefficient (Wildman–Crippen LogP) is 3.22. The van der Waals surface area contributed by atoms with Gasteiger partial charge in [0.25, 0.3) is 0 Å². The van der Waals surface area contributed by atoms with E-state index >= 15 is 0 Å². The Balaban J connectivity index is 2.21. The zero-order valence-electron chi connectivity index (χ0n) is 11.6. The first-order chi connectivity index (χ1) is 10.1. The lowest BCUT2D eigenvalue weighted by molar-refractivity contribution is 0.0688. The summed E-state index contributed by atoms with van der Waals surface area (Å²) in [7, 11) is 1.61. The van der Waals surface area contributed by atoms with E-state index in [1.54, 1.807) is 11.8 Å². The molecule has 21 heavy (non-hydrogen) atoms. The minimum Gasteiger partial charge on any atom is -0.497 e. The van der Waals surface area contributed by atoms with E-state index < -0.39 is 5.97 Å². The third-order valence-corrected chi connectivity index (χ3v) is 4.43. The Bertz CT molecular complexity index is 709. The molecule has 110 valence electrons. The molecule has 0 amide bonds. The second-order valence-corrected chi connectivity index (χ2v) is 5.87. The third kappa shape index (κ3) is 2.44. The molecule has 0 fully saturated rings. The second kappa shape index (κ2) is 5.52. The van der Waals surface area contributed by atoms with Gasteiger partial charge in [0.05, 0.1) is 12.8 Å². The lowest BCUT2D eigenvalue weighted by atomic mass is 9.95. The van der Waals surface area contributed by atoms with Gasteiger partial charge in [-0.3, -0.25) is 0 Å². The van der Waals surface area contributed by atoms with Crippen molar-refractivity contribution in [2.24, 2.45) is 0 Å². The van der Waals surface area contributed by atoms with E-state index in [4.69, 9.17) is 4.74 Å². The summed E-state index contributed by atoms with van der Waals surface area (Å²) in [4.78, 5) is 11.4. The van der Waals surface area contributed by atoms with Crippen LogP contribution in [0.15, 0.2) is 22.7 Å². The van der Waals surface area contributed by atoms with Crippen LogP contribution in [0.3, 0.4) is 0 Å². The molecule has 0 saturated heterocycles. The molecule has 0 unspecified atom stereocenters. The zero-order valence-corrected chi connectivity index (χ0v) is 13.2. The van der Waals surface area contributed by atoms with E-state index in [0.29, 0.717) is 5.75 Å². The summed E-state index contributed by atoms with van der Waals surface area (Å²) in [5.74, 6) is -0.254. The largest absolute Gasteiger partial charge is 0.497 e. The Morgan fingerprint density at radius 3 is 2.86 bits per heavy atom. The number of benzene rings is 1. The van der Waals surface area contributed by atoms with Gasteiger partial charge in [-0.2, -0.15) is 5.10 Å². The molecular weight excluding hydrogens is 336 g/mol. The van der Waals surface area contributed by atoms with Crippen LogP contribution in [0.2, 0.25) is 0 Å². The van der Waals surface area contributed by atoms with Crippen LogP contribution in [0.25, 0.3) is 5.69 Å². The van der Waals surface area contributed by atoms with Crippen molar-refractivity contribution in [3.8, 4) is 11.4 Å². The van der Waals surface area contributed by atoms with Gasteiger partial charge >= 0.3 is 5.97 Å². The minimum absolute atomic E-state index is 0.166. The Morgan fingerprint density at radius 1 is 1.38 bits per heavy atom. The van der Waals surface area contributed by atoms with E-state index in [-0.39, 0.29) is 5.69 Å². The highest BCUT2D eigenvalue weighted by Crippen LogP contribution is 2.31. The first-order valence-corrected chi connectivity index (χ1v) is 7.59. The fraction of sp³-hybridized carbons (Fsp3) is 0.333. The number of rotatable bonds is 3. The number of ether oxygens (including phenoxy) is 1. The molecule has 1 aliphatic carbocycles. The maximum Gasteiger partial charge on any atom is 0.356 e. The van der Waals surface area contributed by atoms with Gasteiger partial charge in [-0.25, -0.2) is 9.48 Å². The van der Waals surface area contributed by atoms with Gasteiger partial charge in [0.15, 0.2) is 5.69 Å². The number of carboxylic acids is 1. The van der Waals surface area contributed by atoms with Crippen LogP contribution in [0.4, 0.5) is 0 Å². The second-order valence-electron chi connectivity index (χ2n) is 5.02. The average molecular weight is 351 g/mol. The first kappa shape index (κ1) is 14.1. The lowest BCUT2D eigenvalue weighted by Gasteiger charge is -2.15. The number of methoxy groups -OCH3 is 1. The van der Waals surface area contributed by atoms with Gasteiger partial charge in [-0.15, -0.1) is 0 Å². The normalized spacial score (nSPS) is 13.8. The van der Waals surface area contributed by atoms with Crippen molar-refractivity contribution in [2.75, 3.05) is 7.11 Å². The highest BCUT2D eigenvalue weighted by molar-refractivity contribution is 9.10. The predicted molar refractivity (Wildman–Crippen MR) is 81.4 cm³/mol. The average Bonchev–Trinajstić information content (AvgIpc) is 2.87. The van der Waals surface area contributed by atoms with Crippen LogP contribution in [-0.4, -0.2) is 28.0 Å². The topological polar surface area (TPSA) is 64.4 Å². The Kier molecular flexibility index (Phi) is 3.71. The number of halogens is 1. The fourth-order valence-corrected chi connectivity index (χ4v) is 3.17. The number of hydrogen-bond acceptors (Lipinski definition) is 3. The molecule has 0 atom stereocenters. The molecule has 2 aromatic rings. The molecule has 0 saturated carbocycles. The van der Waals surface area contributed by atoms with Crippen molar-refractivity contribution in [1.29, 1.82) is 0 Å². The number of aromatic nitrogens is 2. The number of nitrogens with zero attached hydrogens (tertiary/aromatic N) is 2. The van der Waals surface area contributed by atoms with Crippen LogP contribution >= 0.6 is 15.9 Å². The van der Waals surface area contributed by atoms with E-state index in [1.807, 2.05) is 18.2 Å². The van der Waals surface area contributed by atoms with Gasteiger partial charge < -0.3 is 9.84 Å². The SMILES string of the molecule is COc1ccc(Br)c(-n2nc(C(=O)O)c3c2CCCC3)c1. The molecule has 6 heteroatoms. The van der Waals surface area contributed by atoms with E-state index in [0.717, 1.165) is 47.1 Å². The van der Waals surface area contributed by atoms with Crippen molar-refractivity contribution in [2.45, 2.75) is 25.7 Å². The van der Waals surface area contributed by atoms with Crippen molar-refractivity contribution in [3.05, 3.63) is 39.6 Å². The quantitative estimate of drug-likeness (QED) is 0.922. The number of carboxylic acid groups (broad SMARTS) is 1. The molecule has 0 radical (unpaired) electrons. The maximum atomic E-state index is 11.4. The molecular formula is C15H15BrN2O3. The summed E-state index contributed by atoms with van der Waals surface area (Å²) in [6, 6.07) is 5.59. The number of fused-ring (bicyclic) bond motifs is 1. The summed E-state index contributed by atoms with van der Waals surface area (Å²) >= 11 is 3.51. The molecule has 1 N–H and O–H groups in total. The first-order valence-electron chi connectivity index (χ1n) is 6.80. The molecule has 1 heterocycles. The lowest BCUT2D eigenvalue weighted by Crippen LogP contribution is -2.08. The molecule has 0 bridgehead atoms. The number of carbonyl (C=O) groups is 1. The standard InChI is InChI=1S/C15H15BrN2O3/c1-21-9-6-7-11(16)13(8-9)18-12-5-3-2-4-10(12)14(17-18)15(19)20/h6-8H,2-5H2,1H3,(H,19,20). The fourth-order valence-electron chi connectivity index (χ4n) is 2.75. The van der Waals surface area contributed by atoms with Gasteiger partial charge in [-0.05, 0) is 53.7 Å². The highest BCUT2D eigenvalue weighted by Gasteiger charge is 2.26. The Hall–Kier alpha value is -1.82. The summed E-state index contributed by atoms with van der Waals surface area (Å²) in [5, 5.41) is 13.7. The van der Waals surface area contributed by atoms with Crippen molar-refractivity contribution in [3.63, 3.8) is 0 Å². The Labute approximate surface area is 130 Å². The van der Waals surface area contributed by atoms with E-state index in [2.05, 4.69) is 21.0 Å². The van der Waals surface area contributed by atoms with E-state index in [9.17, 15) is 9.90 Å². The van der Waals surface area contributed by atoms with Gasteiger partial charge in [-0.1, -0.05) is 0 Å². The van der Waals surface area contributed by atoms with Crippen LogP contribution in [0.5, 0.6) is 5.75 Å². The molecule has 1 aliphatic rings. The van der Waals surface area contributed by atoms with Gasteiger partial charge in [0.1, 0.15) is 5.75 Å². The van der Waals surface area contributed by atoms with Crippen LogP contribution in [0.1, 0.15) is 34.6 Å². The molecule has 0 aliphatic heterocycles. The van der Waals surface area contributed by atoms with E-state index in [1.165, 1.54) is 0 Å². The molecule has 5 nitrogen and oxygen atoms in total. The summed E-state index contributed by atoms with van der Waals surface area (Å²) < 4.78 is 7.85. The van der Waals surface area contributed by atoms with Crippen LogP contribution in [0, 0.1) is 0 Å². The third-order valence-electron chi connectivity index (χ3n) is 3.76. The summed E-state index contributed by atoms with van der Waals surface area (Å²) in [5.41, 5.74) is 2.83. The van der Waals surface area contributed by atoms with Crippen LogP contribution in [-0.2, 0) is 12.8 Å². The molecule has 1 aromatic heterocycles.